The van der Waals surface area contributed by atoms with Gasteiger partial charge in [-0.05, 0) is 35.9 Å². The smallest absolute Gasteiger partial charge is 0.251 e. The first-order valence-electron chi connectivity index (χ1n) is 9.49. The van der Waals surface area contributed by atoms with Gasteiger partial charge < -0.3 is 9.88 Å². The summed E-state index contributed by atoms with van der Waals surface area (Å²) in [6.07, 6.45) is 2.18. The first kappa shape index (κ1) is 19.6. The van der Waals surface area contributed by atoms with Crippen LogP contribution in [0, 0.1) is 0 Å². The number of fused-ring (bicyclic) bond motifs is 1. The molecule has 3 aromatic carbocycles. The van der Waals surface area contributed by atoms with E-state index in [2.05, 4.69) is 52.5 Å². The molecule has 0 atom stereocenters. The molecule has 3 nitrogen and oxygen atoms in total. The summed E-state index contributed by atoms with van der Waals surface area (Å²) in [7, 11) is 0. The molecule has 0 saturated carbocycles. The first-order valence-corrected chi connectivity index (χ1v) is 10.9. The van der Waals surface area contributed by atoms with Crippen LogP contribution in [0.1, 0.15) is 15.9 Å². The molecule has 146 valence electrons. The number of halogens is 1. The monoisotopic (exact) mass is 420 g/mol. The summed E-state index contributed by atoms with van der Waals surface area (Å²) in [4.78, 5) is 13.5. The zero-order valence-corrected chi connectivity index (χ0v) is 17.4. The molecule has 0 saturated heterocycles. The lowest BCUT2D eigenvalue weighted by Crippen LogP contribution is -2.26. The summed E-state index contributed by atoms with van der Waals surface area (Å²) in [6, 6.07) is 25.7. The number of rotatable bonds is 7. The van der Waals surface area contributed by atoms with Gasteiger partial charge in [0.2, 0.25) is 0 Å². The van der Waals surface area contributed by atoms with Crippen LogP contribution in [0.25, 0.3) is 10.9 Å². The Morgan fingerprint density at radius 2 is 1.66 bits per heavy atom. The lowest BCUT2D eigenvalue weighted by atomic mass is 10.2. The number of aromatic nitrogens is 1. The van der Waals surface area contributed by atoms with Crippen molar-refractivity contribution in [1.82, 2.24) is 9.88 Å². The van der Waals surface area contributed by atoms with Crippen molar-refractivity contribution in [3.63, 3.8) is 0 Å². The number of hydrogen-bond donors (Lipinski definition) is 1. The predicted molar refractivity (Wildman–Crippen MR) is 122 cm³/mol. The van der Waals surface area contributed by atoms with Crippen molar-refractivity contribution in [2.75, 3.05) is 6.54 Å². The van der Waals surface area contributed by atoms with Crippen LogP contribution < -0.4 is 5.32 Å². The van der Waals surface area contributed by atoms with E-state index in [0.717, 1.165) is 17.3 Å². The number of nitrogens with one attached hydrogen (secondary N) is 1. The van der Waals surface area contributed by atoms with Gasteiger partial charge in [0.05, 0.1) is 0 Å². The Kier molecular flexibility index (Phi) is 6.23. The van der Waals surface area contributed by atoms with Gasteiger partial charge in [-0.25, -0.2) is 0 Å². The molecule has 0 aliphatic heterocycles. The molecule has 0 bridgehead atoms. The summed E-state index contributed by atoms with van der Waals surface area (Å²) >= 11 is 7.80. The Balaban J connectivity index is 1.44. The Labute approximate surface area is 179 Å². The van der Waals surface area contributed by atoms with Crippen LogP contribution in [-0.4, -0.2) is 17.0 Å². The minimum atomic E-state index is -0.0422. The minimum absolute atomic E-state index is 0.0422. The van der Waals surface area contributed by atoms with E-state index in [4.69, 9.17) is 11.6 Å². The maximum Gasteiger partial charge on any atom is 0.251 e. The quantitative estimate of drug-likeness (QED) is 0.371. The Hall–Kier alpha value is -2.69. The van der Waals surface area contributed by atoms with Gasteiger partial charge in [-0.3, -0.25) is 4.79 Å². The lowest BCUT2D eigenvalue weighted by Gasteiger charge is -2.07. The topological polar surface area (TPSA) is 34.0 Å². The maximum atomic E-state index is 12.3. The summed E-state index contributed by atoms with van der Waals surface area (Å²) in [5, 5.41) is 5.00. The predicted octanol–water partition coefficient (Wildman–Crippen LogP) is 6.02. The standard InChI is InChI=1S/C24H21ClN2OS/c25-20-12-10-18(11-13-20)17-29-23-16-27(22-9-5-4-8-21(22)23)15-14-26-24(28)19-6-2-1-3-7-19/h1-13,16H,14-15,17H2,(H,26,28). The molecule has 1 heterocycles. The summed E-state index contributed by atoms with van der Waals surface area (Å²) in [5.41, 5.74) is 3.11. The summed E-state index contributed by atoms with van der Waals surface area (Å²) in [5.74, 6) is 0.843. The third kappa shape index (κ3) is 4.84. The van der Waals surface area contributed by atoms with Crippen LogP contribution in [0.5, 0.6) is 0 Å². The fourth-order valence-electron chi connectivity index (χ4n) is 3.24. The molecule has 29 heavy (non-hydrogen) atoms. The largest absolute Gasteiger partial charge is 0.350 e. The molecule has 0 spiro atoms. The molecule has 0 unspecified atom stereocenters. The van der Waals surface area contributed by atoms with Crippen LogP contribution in [0.3, 0.4) is 0 Å². The molecule has 4 aromatic rings. The van der Waals surface area contributed by atoms with Gasteiger partial charge in [0.25, 0.3) is 5.91 Å². The van der Waals surface area contributed by atoms with E-state index in [-0.39, 0.29) is 5.91 Å². The van der Waals surface area contributed by atoms with E-state index in [1.807, 2.05) is 54.2 Å². The highest BCUT2D eigenvalue weighted by Gasteiger charge is 2.10. The van der Waals surface area contributed by atoms with Crippen LogP contribution in [0.2, 0.25) is 5.02 Å². The average molecular weight is 421 g/mol. The maximum absolute atomic E-state index is 12.3. The summed E-state index contributed by atoms with van der Waals surface area (Å²) < 4.78 is 2.21. The highest BCUT2D eigenvalue weighted by atomic mass is 35.5. The van der Waals surface area contributed by atoms with Gasteiger partial charge in [0.15, 0.2) is 0 Å². The van der Waals surface area contributed by atoms with E-state index in [1.165, 1.54) is 21.4 Å². The first-order chi connectivity index (χ1) is 14.2. The highest BCUT2D eigenvalue weighted by molar-refractivity contribution is 7.98. The number of nitrogens with zero attached hydrogens (tertiary/aromatic N) is 1. The zero-order valence-electron chi connectivity index (χ0n) is 15.8. The highest BCUT2D eigenvalue weighted by Crippen LogP contribution is 2.32. The molecule has 0 aliphatic carbocycles. The molecule has 1 aromatic heterocycles. The van der Waals surface area contributed by atoms with Crippen molar-refractivity contribution in [3.05, 3.63) is 101 Å². The number of carbonyl (C=O) groups excluding carboxylic acids is 1. The fourth-order valence-corrected chi connectivity index (χ4v) is 4.41. The fraction of sp³-hybridized carbons (Fsp3) is 0.125. The van der Waals surface area contributed by atoms with Gasteiger partial charge in [-0.15, -0.1) is 11.8 Å². The normalized spacial score (nSPS) is 10.9. The molecule has 1 amide bonds. The molecule has 0 radical (unpaired) electrons. The number of benzene rings is 3. The second-order valence-corrected chi connectivity index (χ2v) is 8.19. The second-order valence-electron chi connectivity index (χ2n) is 6.74. The van der Waals surface area contributed by atoms with E-state index >= 15 is 0 Å². The molecule has 4 rings (SSSR count). The molecular weight excluding hydrogens is 400 g/mol. The van der Waals surface area contributed by atoms with Gasteiger partial charge in [0, 0.05) is 51.4 Å². The third-order valence-electron chi connectivity index (χ3n) is 4.73. The molecule has 1 N–H and O–H groups in total. The second kappa shape index (κ2) is 9.21. The number of amides is 1. The van der Waals surface area contributed by atoms with Gasteiger partial charge >= 0.3 is 0 Å². The lowest BCUT2D eigenvalue weighted by molar-refractivity contribution is 0.0952. The van der Waals surface area contributed by atoms with Crippen LogP contribution in [-0.2, 0) is 12.3 Å². The number of thioether (sulfide) groups is 1. The molecule has 0 fully saturated rings. The third-order valence-corrected chi connectivity index (χ3v) is 6.10. The minimum Gasteiger partial charge on any atom is -0.350 e. The van der Waals surface area contributed by atoms with E-state index in [0.29, 0.717) is 12.1 Å². The van der Waals surface area contributed by atoms with E-state index < -0.39 is 0 Å². The summed E-state index contributed by atoms with van der Waals surface area (Å²) in [6.45, 7) is 1.30. The van der Waals surface area contributed by atoms with Crippen molar-refractivity contribution in [2.45, 2.75) is 17.2 Å². The molecule has 5 heteroatoms. The Morgan fingerprint density at radius 1 is 0.931 bits per heavy atom. The van der Waals surface area contributed by atoms with Crippen molar-refractivity contribution in [1.29, 1.82) is 0 Å². The van der Waals surface area contributed by atoms with E-state index in [9.17, 15) is 4.79 Å². The molecular formula is C24H21ClN2OS. The van der Waals surface area contributed by atoms with Crippen molar-refractivity contribution >= 4 is 40.2 Å². The number of hydrogen-bond acceptors (Lipinski definition) is 2. The van der Waals surface area contributed by atoms with Crippen LogP contribution in [0.4, 0.5) is 0 Å². The Bertz CT molecular complexity index is 1110. The van der Waals surface area contributed by atoms with E-state index in [1.54, 1.807) is 0 Å². The number of carbonyl (C=O) groups is 1. The van der Waals surface area contributed by atoms with Crippen molar-refractivity contribution in [2.24, 2.45) is 0 Å². The van der Waals surface area contributed by atoms with Gasteiger partial charge in [0.1, 0.15) is 0 Å². The zero-order chi connectivity index (χ0) is 20.1. The van der Waals surface area contributed by atoms with Crippen LogP contribution in [0.15, 0.2) is 90.0 Å². The van der Waals surface area contributed by atoms with Gasteiger partial charge in [-0.1, -0.05) is 60.1 Å². The van der Waals surface area contributed by atoms with Crippen molar-refractivity contribution < 1.29 is 4.79 Å². The van der Waals surface area contributed by atoms with Crippen molar-refractivity contribution in [3.8, 4) is 0 Å². The molecule has 0 aliphatic rings. The van der Waals surface area contributed by atoms with Gasteiger partial charge in [-0.2, -0.15) is 0 Å². The SMILES string of the molecule is O=C(NCCn1cc(SCc2ccc(Cl)cc2)c2ccccc21)c1ccccc1. The Morgan fingerprint density at radius 3 is 2.45 bits per heavy atom. The van der Waals surface area contributed by atoms with Crippen LogP contribution >= 0.6 is 23.4 Å². The average Bonchev–Trinajstić information content (AvgIpc) is 3.12. The number of para-hydroxylation sites is 1.